The molecule has 28 heavy (non-hydrogen) atoms. The van der Waals surface area contributed by atoms with Crippen molar-refractivity contribution >= 4 is 16.3 Å². The quantitative estimate of drug-likeness (QED) is 0.163. The van der Waals surface area contributed by atoms with Gasteiger partial charge in [0.25, 0.3) is 0 Å². The minimum atomic E-state index is -3.68. The van der Waals surface area contributed by atoms with E-state index in [1.54, 1.807) is 0 Å². The maximum atomic E-state index is 5.97. The Labute approximate surface area is 173 Å². The monoisotopic (exact) mass is 450 g/mol. The van der Waals surface area contributed by atoms with E-state index in [0.29, 0.717) is 0 Å². The summed E-state index contributed by atoms with van der Waals surface area (Å²) in [6.07, 6.45) is -1.21. The number of rotatable bonds is 15. The molecular formula is C18H44O8P2. The van der Waals surface area contributed by atoms with E-state index in [1.807, 2.05) is 83.1 Å². The summed E-state index contributed by atoms with van der Waals surface area (Å²) in [4.78, 5) is 0. The van der Waals surface area contributed by atoms with Crippen molar-refractivity contribution < 1.29 is 36.5 Å². The maximum absolute atomic E-state index is 5.97. The standard InChI is InChI=1S/C18H44O8P2/c1-13(2)19-27(20-14(3)4,21-15(5)6)25-26-28(22-16(7)8,23-17(9)10)24-18(11)12/h13-18,27-28H,1-12H3. The topological polar surface area (TPSA) is 73.8 Å². The first-order valence-electron chi connectivity index (χ1n) is 10.1. The summed E-state index contributed by atoms with van der Waals surface area (Å²) in [5.41, 5.74) is 0. The zero-order chi connectivity index (χ0) is 22.1. The zero-order valence-electron chi connectivity index (χ0n) is 19.7. The van der Waals surface area contributed by atoms with Gasteiger partial charge in [0, 0.05) is 0 Å². The summed E-state index contributed by atoms with van der Waals surface area (Å²) in [6.45, 7) is 22.5. The molecule has 0 unspecified atom stereocenters. The number of hydrogen-bond donors (Lipinski definition) is 0. The fraction of sp³-hybridized carbons (Fsp3) is 1.00. The van der Waals surface area contributed by atoms with Gasteiger partial charge in [-0.1, -0.05) is 0 Å². The first-order chi connectivity index (χ1) is 12.7. The molecular weight excluding hydrogens is 406 g/mol. The van der Waals surface area contributed by atoms with Gasteiger partial charge >= 0.3 is 173 Å². The summed E-state index contributed by atoms with van der Waals surface area (Å²) in [5.74, 6) is 0. The molecule has 0 heterocycles. The minimum absolute atomic E-state index is 0.202. The van der Waals surface area contributed by atoms with Crippen LogP contribution in [-0.4, -0.2) is 36.6 Å². The Morgan fingerprint density at radius 2 is 0.464 bits per heavy atom. The molecule has 0 fully saturated rings. The van der Waals surface area contributed by atoms with Crippen LogP contribution in [0.4, 0.5) is 0 Å². The van der Waals surface area contributed by atoms with E-state index in [1.165, 1.54) is 0 Å². The van der Waals surface area contributed by atoms with E-state index >= 15 is 0 Å². The van der Waals surface area contributed by atoms with Crippen molar-refractivity contribution in [3.63, 3.8) is 0 Å². The fourth-order valence-corrected chi connectivity index (χ4v) is 6.97. The van der Waals surface area contributed by atoms with Crippen LogP contribution < -0.4 is 0 Å². The third-order valence-corrected chi connectivity index (χ3v) is 7.83. The molecule has 0 aliphatic heterocycles. The van der Waals surface area contributed by atoms with Crippen LogP contribution in [0.5, 0.6) is 0 Å². The molecule has 0 aromatic rings. The number of hydrogen-bond acceptors (Lipinski definition) is 8. The summed E-state index contributed by atoms with van der Waals surface area (Å²) in [6, 6.07) is 0. The van der Waals surface area contributed by atoms with Crippen LogP contribution >= 0.6 is 16.3 Å². The molecule has 0 atom stereocenters. The summed E-state index contributed by atoms with van der Waals surface area (Å²) in [5, 5.41) is 0. The van der Waals surface area contributed by atoms with Crippen molar-refractivity contribution in [2.45, 2.75) is 120 Å². The Morgan fingerprint density at radius 1 is 0.321 bits per heavy atom. The first kappa shape index (κ1) is 28.5. The predicted octanol–water partition coefficient (Wildman–Crippen LogP) is 6.30. The van der Waals surface area contributed by atoms with Crippen LogP contribution in [0, 0.1) is 0 Å². The molecule has 10 heteroatoms. The summed E-state index contributed by atoms with van der Waals surface area (Å²) >= 11 is 0. The van der Waals surface area contributed by atoms with Crippen molar-refractivity contribution in [1.29, 1.82) is 0 Å². The van der Waals surface area contributed by atoms with Crippen LogP contribution in [0.3, 0.4) is 0 Å². The van der Waals surface area contributed by atoms with Crippen molar-refractivity contribution in [1.82, 2.24) is 0 Å². The Hall–Kier alpha value is 0.540. The van der Waals surface area contributed by atoms with Crippen LogP contribution in [0.15, 0.2) is 0 Å². The average molecular weight is 450 g/mol. The van der Waals surface area contributed by atoms with Crippen LogP contribution in [-0.2, 0) is 36.5 Å². The first-order valence-corrected chi connectivity index (χ1v) is 13.4. The van der Waals surface area contributed by atoms with Gasteiger partial charge in [-0.3, -0.25) is 0 Å². The molecule has 0 aromatic carbocycles. The van der Waals surface area contributed by atoms with E-state index in [9.17, 15) is 0 Å². The van der Waals surface area contributed by atoms with Gasteiger partial charge in [-0.15, -0.1) is 0 Å². The second-order valence-corrected chi connectivity index (χ2v) is 11.9. The van der Waals surface area contributed by atoms with Crippen molar-refractivity contribution in [3.8, 4) is 0 Å². The predicted molar refractivity (Wildman–Crippen MR) is 116 cm³/mol. The van der Waals surface area contributed by atoms with Gasteiger partial charge in [0.1, 0.15) is 0 Å². The molecule has 0 saturated heterocycles. The molecule has 0 aromatic heterocycles. The SMILES string of the molecule is CC(C)O[PH](OO[PH](OC(C)C)(OC(C)C)OC(C)C)(OC(C)C)OC(C)C. The van der Waals surface area contributed by atoms with E-state index in [-0.39, 0.29) is 36.6 Å². The molecule has 0 aliphatic carbocycles. The van der Waals surface area contributed by atoms with Crippen LogP contribution in [0.25, 0.3) is 0 Å². The average Bonchev–Trinajstić information content (AvgIpc) is 2.40. The molecule has 8 nitrogen and oxygen atoms in total. The second-order valence-electron chi connectivity index (χ2n) is 8.17. The van der Waals surface area contributed by atoms with Crippen LogP contribution in [0.1, 0.15) is 83.1 Å². The Bertz CT molecular complexity index is 325. The van der Waals surface area contributed by atoms with E-state index in [4.69, 9.17) is 36.5 Å². The zero-order valence-corrected chi connectivity index (χ0v) is 21.7. The third kappa shape index (κ3) is 12.3. The summed E-state index contributed by atoms with van der Waals surface area (Å²) in [7, 11) is -7.35. The van der Waals surface area contributed by atoms with Gasteiger partial charge in [-0.2, -0.15) is 0 Å². The summed E-state index contributed by atoms with van der Waals surface area (Å²) < 4.78 is 47.4. The molecule has 0 bridgehead atoms. The van der Waals surface area contributed by atoms with Gasteiger partial charge in [0.15, 0.2) is 0 Å². The molecule has 0 N–H and O–H groups in total. The van der Waals surface area contributed by atoms with Gasteiger partial charge < -0.3 is 0 Å². The molecule has 174 valence electrons. The molecule has 0 rings (SSSR count). The molecule has 0 aliphatic rings. The van der Waals surface area contributed by atoms with Gasteiger partial charge in [-0.05, 0) is 0 Å². The van der Waals surface area contributed by atoms with Crippen molar-refractivity contribution in [2.24, 2.45) is 0 Å². The molecule has 0 spiro atoms. The third-order valence-electron chi connectivity index (χ3n) is 2.53. The normalized spacial score (nSPS) is 15.1. The Kier molecular flexibility index (Phi) is 13.3. The van der Waals surface area contributed by atoms with E-state index in [2.05, 4.69) is 0 Å². The van der Waals surface area contributed by atoms with E-state index in [0.717, 1.165) is 0 Å². The van der Waals surface area contributed by atoms with E-state index < -0.39 is 16.3 Å². The molecule has 0 radical (unpaired) electrons. The van der Waals surface area contributed by atoms with Gasteiger partial charge in [-0.25, -0.2) is 0 Å². The Balaban J connectivity index is 5.82. The fourth-order valence-electron chi connectivity index (χ4n) is 2.12. The van der Waals surface area contributed by atoms with Crippen molar-refractivity contribution in [2.75, 3.05) is 0 Å². The molecule has 0 saturated carbocycles. The Morgan fingerprint density at radius 3 is 0.571 bits per heavy atom. The van der Waals surface area contributed by atoms with Crippen LogP contribution in [0.2, 0.25) is 0 Å². The van der Waals surface area contributed by atoms with Gasteiger partial charge in [0.2, 0.25) is 0 Å². The second kappa shape index (κ2) is 13.1. The van der Waals surface area contributed by atoms with Gasteiger partial charge in [0.05, 0.1) is 0 Å². The molecule has 0 amide bonds. The van der Waals surface area contributed by atoms with Crippen molar-refractivity contribution in [3.05, 3.63) is 0 Å².